The minimum Gasteiger partial charge on any atom is -0.462 e. The normalized spacial score (nSPS) is 11.5. The Morgan fingerprint density at radius 3 is 2.58 bits per heavy atom. The first-order valence-electron chi connectivity index (χ1n) is 13.5. The van der Waals surface area contributed by atoms with Gasteiger partial charge in [-0.25, -0.2) is 9.78 Å². The molecule has 0 saturated heterocycles. The molecule has 0 aliphatic rings. The molecule has 3 aromatic carbocycles. The Balaban J connectivity index is 1.29. The molecule has 0 atom stereocenters. The minimum atomic E-state index is -0.395. The molecular formula is C33H31N3O4. The molecule has 0 bridgehead atoms. The quantitative estimate of drug-likeness (QED) is 0.0563. The molecule has 0 aliphatic carbocycles. The van der Waals surface area contributed by atoms with Gasteiger partial charge in [-0.15, -0.1) is 0 Å². The summed E-state index contributed by atoms with van der Waals surface area (Å²) in [4.78, 5) is 26.8. The highest BCUT2D eigenvalue weighted by Crippen LogP contribution is 2.31. The Morgan fingerprint density at radius 2 is 1.75 bits per heavy atom. The molecule has 0 fully saturated rings. The lowest BCUT2D eigenvalue weighted by atomic mass is 10.1. The Morgan fingerprint density at radius 1 is 0.950 bits per heavy atom. The van der Waals surface area contributed by atoms with Gasteiger partial charge in [-0.05, 0) is 68.2 Å². The number of ether oxygens (including phenoxy) is 1. The third-order valence-electron chi connectivity index (χ3n) is 7.01. The lowest BCUT2D eigenvalue weighted by Gasteiger charge is -2.08. The number of carbonyl (C=O) groups excluding carboxylic acids is 1. The molecule has 0 amide bonds. The van der Waals surface area contributed by atoms with Crippen molar-refractivity contribution >= 4 is 56.5 Å². The van der Waals surface area contributed by atoms with Gasteiger partial charge in [-0.2, -0.15) is 0 Å². The van der Waals surface area contributed by atoms with Gasteiger partial charge in [-0.1, -0.05) is 49.4 Å². The highest BCUT2D eigenvalue weighted by atomic mass is 16.6. The number of esters is 1. The van der Waals surface area contributed by atoms with E-state index >= 15 is 0 Å². The second-order valence-corrected chi connectivity index (χ2v) is 9.98. The molecule has 40 heavy (non-hydrogen) atoms. The number of hydrogen-bond donors (Lipinski definition) is 0. The van der Waals surface area contributed by atoms with Crippen molar-refractivity contribution in [2.24, 2.45) is 0 Å². The summed E-state index contributed by atoms with van der Waals surface area (Å²) in [6.45, 7) is 6.63. The van der Waals surface area contributed by atoms with Gasteiger partial charge in [-0.3, -0.25) is 10.1 Å². The van der Waals surface area contributed by atoms with Gasteiger partial charge in [0.15, 0.2) is 0 Å². The van der Waals surface area contributed by atoms with Crippen LogP contribution in [0.25, 0.3) is 44.9 Å². The lowest BCUT2D eigenvalue weighted by molar-refractivity contribution is -0.384. The van der Waals surface area contributed by atoms with Gasteiger partial charge >= 0.3 is 5.97 Å². The average Bonchev–Trinajstić information content (AvgIpc) is 3.27. The fraction of sp³-hybridized carbons (Fsp3) is 0.212. The zero-order chi connectivity index (χ0) is 28.1. The van der Waals surface area contributed by atoms with Crippen molar-refractivity contribution in [3.63, 3.8) is 0 Å². The summed E-state index contributed by atoms with van der Waals surface area (Å²) >= 11 is 0. The van der Waals surface area contributed by atoms with Crippen LogP contribution in [0, 0.1) is 10.1 Å². The van der Waals surface area contributed by atoms with Gasteiger partial charge < -0.3 is 9.30 Å². The molecule has 2 heterocycles. The number of unbranched alkanes of at least 4 members (excludes halogenated alkanes) is 3. The first-order chi connectivity index (χ1) is 19.4. The fourth-order valence-electron chi connectivity index (χ4n) is 4.95. The number of fused-ring (bicyclic) bond motifs is 4. The first-order valence-corrected chi connectivity index (χ1v) is 13.5. The second-order valence-electron chi connectivity index (χ2n) is 9.98. The molecule has 0 unspecified atom stereocenters. The molecule has 202 valence electrons. The number of benzene rings is 3. The Bertz CT molecular complexity index is 1770. The SMILES string of the molecule is C=C(C)C(=O)OCCCCCCn1c2ccccc2c2cc(C=Cc3ccc4cc([N+](=O)[O-])ccc4n3)ccc21. The monoisotopic (exact) mass is 533 g/mol. The maximum Gasteiger partial charge on any atom is 0.333 e. The molecule has 0 N–H and O–H groups in total. The summed E-state index contributed by atoms with van der Waals surface area (Å²) in [5.74, 6) is -0.318. The van der Waals surface area contributed by atoms with Gasteiger partial charge in [0.25, 0.3) is 5.69 Å². The number of nitrogens with zero attached hydrogens (tertiary/aromatic N) is 3. The zero-order valence-electron chi connectivity index (χ0n) is 22.5. The molecular weight excluding hydrogens is 502 g/mol. The second kappa shape index (κ2) is 11.9. The third kappa shape index (κ3) is 5.94. The van der Waals surface area contributed by atoms with Crippen LogP contribution in [0.1, 0.15) is 43.9 Å². The van der Waals surface area contributed by atoms with Gasteiger partial charge in [0.1, 0.15) is 0 Å². The number of pyridine rings is 1. The van der Waals surface area contributed by atoms with Crippen molar-refractivity contribution in [3.8, 4) is 0 Å². The van der Waals surface area contributed by atoms with Gasteiger partial charge in [0, 0.05) is 51.4 Å². The van der Waals surface area contributed by atoms with Crippen molar-refractivity contribution in [3.05, 3.63) is 106 Å². The largest absolute Gasteiger partial charge is 0.462 e. The molecule has 7 heteroatoms. The van der Waals surface area contributed by atoms with Crippen LogP contribution < -0.4 is 0 Å². The highest BCUT2D eigenvalue weighted by molar-refractivity contribution is 6.08. The van der Waals surface area contributed by atoms with E-state index < -0.39 is 4.92 Å². The minimum absolute atomic E-state index is 0.0617. The average molecular weight is 534 g/mol. The van der Waals surface area contributed by atoms with Crippen molar-refractivity contribution in [2.45, 2.75) is 39.2 Å². The van der Waals surface area contributed by atoms with Gasteiger partial charge in [0.05, 0.1) is 22.7 Å². The number of hydrogen-bond acceptors (Lipinski definition) is 5. The molecule has 5 aromatic rings. The van der Waals surface area contributed by atoms with Crippen LogP contribution in [-0.4, -0.2) is 27.1 Å². The topological polar surface area (TPSA) is 87.3 Å². The van der Waals surface area contributed by atoms with E-state index in [2.05, 4.69) is 58.6 Å². The number of aromatic nitrogens is 2. The summed E-state index contributed by atoms with van der Waals surface area (Å²) in [7, 11) is 0. The first kappa shape index (κ1) is 26.8. The molecule has 0 saturated carbocycles. The van der Waals surface area contributed by atoms with Crippen LogP contribution in [0.2, 0.25) is 0 Å². The highest BCUT2D eigenvalue weighted by Gasteiger charge is 2.11. The number of carbonyl (C=O) groups is 1. The van der Waals surface area contributed by atoms with Gasteiger partial charge in [0.2, 0.25) is 0 Å². The van der Waals surface area contributed by atoms with E-state index in [1.807, 2.05) is 24.3 Å². The molecule has 0 radical (unpaired) electrons. The van der Waals surface area contributed by atoms with Crippen molar-refractivity contribution in [2.75, 3.05) is 6.61 Å². The Hall–Kier alpha value is -4.78. The predicted octanol–water partition coefficient (Wildman–Crippen LogP) is 8.10. The summed E-state index contributed by atoms with van der Waals surface area (Å²) < 4.78 is 7.58. The number of nitro groups is 1. The number of nitro benzene ring substituents is 1. The maximum atomic E-state index is 11.5. The molecule has 7 nitrogen and oxygen atoms in total. The predicted molar refractivity (Wildman–Crippen MR) is 161 cm³/mol. The van der Waals surface area contributed by atoms with Crippen molar-refractivity contribution < 1.29 is 14.5 Å². The van der Waals surface area contributed by atoms with Crippen molar-refractivity contribution in [1.82, 2.24) is 9.55 Å². The van der Waals surface area contributed by atoms with Crippen LogP contribution in [0.5, 0.6) is 0 Å². The van der Waals surface area contributed by atoms with E-state index in [1.165, 1.54) is 27.9 Å². The molecule has 5 rings (SSSR count). The maximum absolute atomic E-state index is 11.5. The van der Waals surface area contributed by atoms with E-state index in [0.717, 1.165) is 54.4 Å². The van der Waals surface area contributed by atoms with E-state index in [9.17, 15) is 14.9 Å². The summed E-state index contributed by atoms with van der Waals surface area (Å²) in [5.41, 5.74) is 5.51. The lowest BCUT2D eigenvalue weighted by Crippen LogP contribution is -2.06. The Labute approximate surface area is 232 Å². The van der Waals surface area contributed by atoms with Crippen LogP contribution in [0.15, 0.2) is 84.9 Å². The van der Waals surface area contributed by atoms with E-state index in [0.29, 0.717) is 12.2 Å². The smallest absolute Gasteiger partial charge is 0.333 e. The zero-order valence-corrected chi connectivity index (χ0v) is 22.5. The molecule has 2 aromatic heterocycles. The fourth-order valence-corrected chi connectivity index (χ4v) is 4.95. The van der Waals surface area contributed by atoms with Crippen LogP contribution in [0.4, 0.5) is 5.69 Å². The molecule has 0 spiro atoms. The summed E-state index contributed by atoms with van der Waals surface area (Å²) in [6.07, 6.45) is 7.98. The number of non-ortho nitro benzene ring substituents is 1. The standard InChI is InChI=1S/C33H31N3O4/c1-23(2)33(37)40-20-8-4-3-7-19-35-31-10-6-5-9-28(31)29-21-24(12-18-32(29)35)11-14-26-15-13-25-22-27(36(38)39)16-17-30(25)34-26/h5-6,9-18,21-22H,1,3-4,7-8,19-20H2,2H3. The van der Waals surface area contributed by atoms with E-state index in [-0.39, 0.29) is 11.7 Å². The molecule has 0 aliphatic heterocycles. The van der Waals surface area contributed by atoms with E-state index in [4.69, 9.17) is 4.74 Å². The summed E-state index contributed by atoms with van der Waals surface area (Å²) in [6, 6.07) is 23.4. The van der Waals surface area contributed by atoms with Crippen molar-refractivity contribution in [1.29, 1.82) is 0 Å². The number of para-hydroxylation sites is 1. The Kier molecular flexibility index (Phi) is 8.01. The number of aryl methyl sites for hydroxylation is 1. The van der Waals surface area contributed by atoms with Crippen LogP contribution in [0.3, 0.4) is 0 Å². The van der Waals surface area contributed by atoms with Crippen LogP contribution >= 0.6 is 0 Å². The van der Waals surface area contributed by atoms with Crippen LogP contribution in [-0.2, 0) is 16.1 Å². The summed E-state index contributed by atoms with van der Waals surface area (Å²) in [5, 5.41) is 14.2. The third-order valence-corrected chi connectivity index (χ3v) is 7.01. The van der Waals surface area contributed by atoms with E-state index in [1.54, 1.807) is 19.1 Å². The number of rotatable bonds is 11.